The Hall–Kier alpha value is -1.69. The van der Waals surface area contributed by atoms with Gasteiger partial charge in [-0.25, -0.2) is 4.39 Å². The molecule has 21 heavy (non-hydrogen) atoms. The summed E-state index contributed by atoms with van der Waals surface area (Å²) in [5.74, 6) is -0.712. The van der Waals surface area contributed by atoms with Crippen LogP contribution in [0.2, 0.25) is 0 Å². The quantitative estimate of drug-likeness (QED) is 0.903. The van der Waals surface area contributed by atoms with Crippen LogP contribution in [0.3, 0.4) is 0 Å². The number of carbonyl (C=O) groups is 1. The number of amides is 1. The van der Waals surface area contributed by atoms with E-state index in [1.165, 1.54) is 12.1 Å². The van der Waals surface area contributed by atoms with Gasteiger partial charge >= 0.3 is 0 Å². The van der Waals surface area contributed by atoms with Gasteiger partial charge in [0.1, 0.15) is 5.82 Å². The largest absolute Gasteiger partial charge is 0.345 e. The third-order valence-electron chi connectivity index (χ3n) is 3.88. The number of nitrogens with zero attached hydrogens (tertiary/aromatic N) is 2. The van der Waals surface area contributed by atoms with Crippen LogP contribution in [-0.2, 0) is 13.5 Å². The van der Waals surface area contributed by atoms with Crippen LogP contribution in [0, 0.1) is 5.82 Å². The van der Waals surface area contributed by atoms with E-state index in [9.17, 15) is 9.18 Å². The fraction of sp³-hybridized carbons (Fsp3) is 0.333. The van der Waals surface area contributed by atoms with Crippen LogP contribution in [0.25, 0.3) is 0 Å². The van der Waals surface area contributed by atoms with E-state index in [0.717, 1.165) is 30.5 Å². The molecule has 0 fully saturated rings. The number of hydrogen-bond donors (Lipinski definition) is 1. The van der Waals surface area contributed by atoms with E-state index in [4.69, 9.17) is 0 Å². The summed E-state index contributed by atoms with van der Waals surface area (Å²) < 4.78 is 15.6. The van der Waals surface area contributed by atoms with E-state index < -0.39 is 5.82 Å². The van der Waals surface area contributed by atoms with E-state index in [2.05, 4.69) is 26.3 Å². The average Bonchev–Trinajstić information content (AvgIpc) is 2.85. The predicted octanol–water partition coefficient (Wildman–Crippen LogP) is 3.13. The Kier molecular flexibility index (Phi) is 3.80. The van der Waals surface area contributed by atoms with Crippen molar-refractivity contribution in [3.63, 3.8) is 0 Å². The molecule has 1 amide bonds. The SMILES string of the molecule is Cn1ncc2c1CCCC2NC(=O)c1cccc(F)c1Br. The molecule has 0 bridgehead atoms. The summed E-state index contributed by atoms with van der Waals surface area (Å²) in [7, 11) is 1.91. The number of benzene rings is 1. The number of nitrogens with one attached hydrogen (secondary N) is 1. The Bertz CT molecular complexity index is 698. The molecule has 0 spiro atoms. The maximum Gasteiger partial charge on any atom is 0.253 e. The molecule has 1 aliphatic rings. The predicted molar refractivity (Wildman–Crippen MR) is 80.5 cm³/mol. The van der Waals surface area contributed by atoms with Gasteiger partial charge in [0.15, 0.2) is 0 Å². The Morgan fingerprint density at radius 2 is 2.33 bits per heavy atom. The van der Waals surface area contributed by atoms with Crippen molar-refractivity contribution in [1.82, 2.24) is 15.1 Å². The molecule has 1 aliphatic carbocycles. The summed E-state index contributed by atoms with van der Waals surface area (Å²) in [6.07, 6.45) is 4.65. The second kappa shape index (κ2) is 5.60. The average molecular weight is 352 g/mol. The van der Waals surface area contributed by atoms with Gasteiger partial charge in [-0.1, -0.05) is 6.07 Å². The zero-order valence-electron chi connectivity index (χ0n) is 11.6. The zero-order chi connectivity index (χ0) is 15.0. The van der Waals surface area contributed by atoms with Gasteiger partial charge in [0.25, 0.3) is 5.91 Å². The maximum atomic E-state index is 13.5. The third-order valence-corrected chi connectivity index (χ3v) is 4.68. The first kappa shape index (κ1) is 14.3. The fourth-order valence-corrected chi connectivity index (χ4v) is 3.22. The molecule has 1 unspecified atom stereocenters. The molecular weight excluding hydrogens is 337 g/mol. The van der Waals surface area contributed by atoms with Gasteiger partial charge in [0, 0.05) is 18.3 Å². The molecule has 0 saturated heterocycles. The summed E-state index contributed by atoms with van der Waals surface area (Å²) >= 11 is 3.13. The van der Waals surface area contributed by atoms with Gasteiger partial charge in [0.05, 0.1) is 22.3 Å². The Balaban J connectivity index is 1.84. The third kappa shape index (κ3) is 2.60. The monoisotopic (exact) mass is 351 g/mol. The minimum atomic E-state index is -0.437. The van der Waals surface area contributed by atoms with Crippen molar-refractivity contribution in [3.8, 4) is 0 Å². The van der Waals surface area contributed by atoms with Gasteiger partial charge in [0.2, 0.25) is 0 Å². The number of aryl methyl sites for hydroxylation is 1. The second-order valence-electron chi connectivity index (χ2n) is 5.19. The lowest BCUT2D eigenvalue weighted by Gasteiger charge is -2.24. The summed E-state index contributed by atoms with van der Waals surface area (Å²) in [6, 6.07) is 4.40. The molecule has 110 valence electrons. The molecule has 1 N–H and O–H groups in total. The summed E-state index contributed by atoms with van der Waals surface area (Å²) in [5.41, 5.74) is 2.53. The van der Waals surface area contributed by atoms with Crippen molar-refractivity contribution < 1.29 is 9.18 Å². The van der Waals surface area contributed by atoms with E-state index in [1.54, 1.807) is 12.3 Å². The van der Waals surface area contributed by atoms with Crippen molar-refractivity contribution in [1.29, 1.82) is 0 Å². The highest BCUT2D eigenvalue weighted by Gasteiger charge is 2.25. The first-order valence-electron chi connectivity index (χ1n) is 6.83. The summed E-state index contributed by atoms with van der Waals surface area (Å²) in [6.45, 7) is 0. The first-order chi connectivity index (χ1) is 10.1. The number of aromatic nitrogens is 2. The van der Waals surface area contributed by atoms with E-state index in [1.807, 2.05) is 11.7 Å². The van der Waals surface area contributed by atoms with Gasteiger partial charge in [-0.3, -0.25) is 9.48 Å². The van der Waals surface area contributed by atoms with E-state index in [-0.39, 0.29) is 16.4 Å². The Labute approximate surface area is 130 Å². The number of halogens is 2. The molecule has 1 atom stereocenters. The smallest absolute Gasteiger partial charge is 0.253 e. The highest BCUT2D eigenvalue weighted by atomic mass is 79.9. The van der Waals surface area contributed by atoms with E-state index >= 15 is 0 Å². The van der Waals surface area contributed by atoms with Crippen LogP contribution < -0.4 is 5.32 Å². The van der Waals surface area contributed by atoms with Crippen molar-refractivity contribution >= 4 is 21.8 Å². The Morgan fingerprint density at radius 3 is 3.14 bits per heavy atom. The second-order valence-corrected chi connectivity index (χ2v) is 5.98. The van der Waals surface area contributed by atoms with Crippen molar-refractivity contribution in [2.24, 2.45) is 7.05 Å². The lowest BCUT2D eigenvalue weighted by molar-refractivity contribution is 0.0931. The van der Waals surface area contributed by atoms with Crippen LogP contribution in [0.1, 0.15) is 40.5 Å². The molecule has 3 rings (SSSR count). The molecule has 0 saturated carbocycles. The number of rotatable bonds is 2. The van der Waals surface area contributed by atoms with Crippen LogP contribution in [-0.4, -0.2) is 15.7 Å². The fourth-order valence-electron chi connectivity index (χ4n) is 2.77. The van der Waals surface area contributed by atoms with Crippen LogP contribution in [0.4, 0.5) is 4.39 Å². The molecule has 1 heterocycles. The molecule has 1 aromatic carbocycles. The van der Waals surface area contributed by atoms with E-state index in [0.29, 0.717) is 5.56 Å². The standard InChI is InChI=1S/C15H15BrFN3O/c1-20-13-7-3-6-12(10(13)8-18-20)19-15(21)9-4-2-5-11(17)14(9)16/h2,4-5,8,12H,3,6-7H2,1H3,(H,19,21). The molecule has 0 radical (unpaired) electrons. The Morgan fingerprint density at radius 1 is 1.52 bits per heavy atom. The van der Waals surface area contributed by atoms with Crippen LogP contribution in [0.15, 0.2) is 28.9 Å². The molecule has 2 aromatic rings. The zero-order valence-corrected chi connectivity index (χ0v) is 13.2. The normalized spacial score (nSPS) is 17.4. The highest BCUT2D eigenvalue weighted by molar-refractivity contribution is 9.10. The minimum absolute atomic E-state index is 0.0647. The minimum Gasteiger partial charge on any atom is -0.345 e. The molecule has 4 nitrogen and oxygen atoms in total. The highest BCUT2D eigenvalue weighted by Crippen LogP contribution is 2.30. The van der Waals surface area contributed by atoms with Gasteiger partial charge < -0.3 is 5.32 Å². The van der Waals surface area contributed by atoms with Crippen LogP contribution >= 0.6 is 15.9 Å². The van der Waals surface area contributed by atoms with Crippen molar-refractivity contribution in [3.05, 3.63) is 51.5 Å². The molecule has 6 heteroatoms. The molecular formula is C15H15BrFN3O. The number of hydrogen-bond acceptors (Lipinski definition) is 2. The number of carbonyl (C=O) groups excluding carboxylic acids is 1. The first-order valence-corrected chi connectivity index (χ1v) is 7.63. The van der Waals surface area contributed by atoms with Gasteiger partial charge in [-0.2, -0.15) is 5.10 Å². The van der Waals surface area contributed by atoms with Gasteiger partial charge in [-0.15, -0.1) is 0 Å². The topological polar surface area (TPSA) is 46.9 Å². The summed E-state index contributed by atoms with van der Waals surface area (Å²) in [4.78, 5) is 12.4. The molecule has 1 aromatic heterocycles. The molecule has 0 aliphatic heterocycles. The van der Waals surface area contributed by atoms with Crippen molar-refractivity contribution in [2.45, 2.75) is 25.3 Å². The van der Waals surface area contributed by atoms with Crippen LogP contribution in [0.5, 0.6) is 0 Å². The number of fused-ring (bicyclic) bond motifs is 1. The lowest BCUT2D eigenvalue weighted by atomic mass is 9.93. The summed E-state index contributed by atoms with van der Waals surface area (Å²) in [5, 5.41) is 7.24. The maximum absolute atomic E-state index is 13.5. The van der Waals surface area contributed by atoms with Crippen molar-refractivity contribution in [2.75, 3.05) is 0 Å². The van der Waals surface area contributed by atoms with Gasteiger partial charge in [-0.05, 0) is 47.3 Å². The lowest BCUT2D eigenvalue weighted by Crippen LogP contribution is -2.31.